The zero-order valence-electron chi connectivity index (χ0n) is 8.77. The zero-order chi connectivity index (χ0) is 11.4. The van der Waals surface area contributed by atoms with Crippen LogP contribution in [0.2, 0.25) is 0 Å². The molecule has 1 unspecified atom stereocenters. The maximum atomic E-state index is 11.8. The van der Waals surface area contributed by atoms with Crippen LogP contribution in [0.5, 0.6) is 0 Å². The summed E-state index contributed by atoms with van der Waals surface area (Å²) < 4.78 is 5.17. The minimum Gasteiger partial charge on any atom is -0.379 e. The van der Waals surface area contributed by atoms with Crippen LogP contribution in [0.15, 0.2) is 24.3 Å². The van der Waals surface area contributed by atoms with E-state index in [1.165, 1.54) is 0 Å². The zero-order valence-corrected chi connectivity index (χ0v) is 8.77. The van der Waals surface area contributed by atoms with Gasteiger partial charge >= 0.3 is 0 Å². The summed E-state index contributed by atoms with van der Waals surface area (Å²) in [4.78, 5) is 11.8. The number of carbonyl (C=O) groups excluding carboxylic acids is 1. The minimum absolute atomic E-state index is 0.111. The standard InChI is InChI=1S/C12H12N2O2/c13-7-9-1-3-10(4-2-9)12(15)14-11-5-6-16-8-11/h1-4,11H,5-6,8H2,(H,14,15). The molecule has 1 aromatic carbocycles. The fourth-order valence-electron chi connectivity index (χ4n) is 1.61. The first-order chi connectivity index (χ1) is 7.79. The van der Waals surface area contributed by atoms with E-state index in [0.717, 1.165) is 6.42 Å². The van der Waals surface area contributed by atoms with Crippen molar-refractivity contribution < 1.29 is 9.53 Å². The molecule has 1 aromatic rings. The van der Waals surface area contributed by atoms with Crippen LogP contribution in [-0.4, -0.2) is 25.2 Å². The van der Waals surface area contributed by atoms with E-state index in [1.807, 2.05) is 6.07 Å². The number of nitriles is 1. The molecule has 1 amide bonds. The molecule has 0 bridgehead atoms. The van der Waals surface area contributed by atoms with Gasteiger partial charge in [0.1, 0.15) is 0 Å². The van der Waals surface area contributed by atoms with Crippen LogP contribution >= 0.6 is 0 Å². The molecule has 82 valence electrons. The van der Waals surface area contributed by atoms with Gasteiger partial charge in [-0.3, -0.25) is 4.79 Å². The van der Waals surface area contributed by atoms with Crippen molar-refractivity contribution in [2.45, 2.75) is 12.5 Å². The third-order valence-corrected chi connectivity index (χ3v) is 2.54. The Kier molecular flexibility index (Phi) is 3.18. The minimum atomic E-state index is -0.111. The second kappa shape index (κ2) is 4.77. The molecule has 4 heteroatoms. The first-order valence-corrected chi connectivity index (χ1v) is 5.18. The quantitative estimate of drug-likeness (QED) is 0.804. The van der Waals surface area contributed by atoms with Crippen molar-refractivity contribution in [1.82, 2.24) is 5.32 Å². The molecule has 16 heavy (non-hydrogen) atoms. The number of carbonyl (C=O) groups is 1. The van der Waals surface area contributed by atoms with Crippen LogP contribution in [0.1, 0.15) is 22.3 Å². The van der Waals surface area contributed by atoms with Crippen LogP contribution in [0.3, 0.4) is 0 Å². The maximum absolute atomic E-state index is 11.8. The monoisotopic (exact) mass is 216 g/mol. The van der Waals surface area contributed by atoms with Crippen molar-refractivity contribution in [3.63, 3.8) is 0 Å². The molecule has 1 aliphatic rings. The van der Waals surface area contributed by atoms with Crippen molar-refractivity contribution >= 4 is 5.91 Å². The molecule has 4 nitrogen and oxygen atoms in total. The maximum Gasteiger partial charge on any atom is 0.251 e. The van der Waals surface area contributed by atoms with Crippen molar-refractivity contribution in [2.75, 3.05) is 13.2 Å². The van der Waals surface area contributed by atoms with E-state index in [9.17, 15) is 4.79 Å². The first-order valence-electron chi connectivity index (χ1n) is 5.18. The van der Waals surface area contributed by atoms with Gasteiger partial charge in [-0.25, -0.2) is 0 Å². The van der Waals surface area contributed by atoms with Crippen molar-refractivity contribution in [3.8, 4) is 6.07 Å². The van der Waals surface area contributed by atoms with Crippen molar-refractivity contribution in [1.29, 1.82) is 5.26 Å². The Bertz CT molecular complexity index is 414. The number of hydrogen-bond donors (Lipinski definition) is 1. The van der Waals surface area contributed by atoms with E-state index in [2.05, 4.69) is 5.32 Å². The highest BCUT2D eigenvalue weighted by Crippen LogP contribution is 2.07. The van der Waals surface area contributed by atoms with Gasteiger partial charge in [0, 0.05) is 12.2 Å². The molecular weight excluding hydrogens is 204 g/mol. The van der Waals surface area contributed by atoms with Gasteiger partial charge in [0.15, 0.2) is 0 Å². The highest BCUT2D eigenvalue weighted by molar-refractivity contribution is 5.94. The molecule has 0 aromatic heterocycles. The average Bonchev–Trinajstić information content (AvgIpc) is 2.82. The Morgan fingerprint density at radius 3 is 2.75 bits per heavy atom. The highest BCUT2D eigenvalue weighted by atomic mass is 16.5. The SMILES string of the molecule is N#Cc1ccc(C(=O)NC2CCOC2)cc1. The summed E-state index contributed by atoms with van der Waals surface area (Å²) in [6.07, 6.45) is 0.863. The predicted molar refractivity (Wildman–Crippen MR) is 57.8 cm³/mol. The molecule has 1 saturated heterocycles. The van der Waals surface area contributed by atoms with Crippen LogP contribution in [-0.2, 0) is 4.74 Å². The number of amides is 1. The van der Waals surface area contributed by atoms with E-state index < -0.39 is 0 Å². The number of ether oxygens (including phenoxy) is 1. The summed E-state index contributed by atoms with van der Waals surface area (Å²) in [5.74, 6) is -0.111. The number of hydrogen-bond acceptors (Lipinski definition) is 3. The molecule has 0 aliphatic carbocycles. The van der Waals surface area contributed by atoms with Crippen LogP contribution < -0.4 is 5.32 Å². The third kappa shape index (κ3) is 2.38. The Hall–Kier alpha value is -1.86. The first kappa shape index (κ1) is 10.7. The van der Waals surface area contributed by atoms with Gasteiger partial charge in [-0.2, -0.15) is 5.26 Å². The molecule has 0 radical (unpaired) electrons. The molecule has 1 heterocycles. The van der Waals surface area contributed by atoms with Gasteiger partial charge in [0.2, 0.25) is 0 Å². The molecular formula is C12H12N2O2. The van der Waals surface area contributed by atoms with Gasteiger partial charge in [-0.05, 0) is 30.7 Å². The Morgan fingerprint density at radius 2 is 2.19 bits per heavy atom. The summed E-state index contributed by atoms with van der Waals surface area (Å²) in [5, 5.41) is 11.5. The summed E-state index contributed by atoms with van der Waals surface area (Å²) in [6, 6.07) is 8.72. The Labute approximate surface area is 93.8 Å². The number of rotatable bonds is 2. The van der Waals surface area contributed by atoms with E-state index in [-0.39, 0.29) is 11.9 Å². The topological polar surface area (TPSA) is 62.1 Å². The summed E-state index contributed by atoms with van der Waals surface area (Å²) >= 11 is 0. The Morgan fingerprint density at radius 1 is 1.44 bits per heavy atom. The normalized spacial score (nSPS) is 19.1. The summed E-state index contributed by atoms with van der Waals surface area (Å²) in [7, 11) is 0. The molecule has 1 N–H and O–H groups in total. The Balaban J connectivity index is 2.00. The molecule has 1 fully saturated rings. The van der Waals surface area contributed by atoms with Crippen LogP contribution in [0.4, 0.5) is 0 Å². The molecule has 0 saturated carbocycles. The molecule has 0 spiro atoms. The van der Waals surface area contributed by atoms with Gasteiger partial charge in [-0.15, -0.1) is 0 Å². The highest BCUT2D eigenvalue weighted by Gasteiger charge is 2.18. The smallest absolute Gasteiger partial charge is 0.251 e. The third-order valence-electron chi connectivity index (χ3n) is 2.54. The van der Waals surface area contributed by atoms with Gasteiger partial charge in [0.25, 0.3) is 5.91 Å². The molecule has 1 atom stereocenters. The average molecular weight is 216 g/mol. The second-order valence-corrected chi connectivity index (χ2v) is 3.72. The van der Waals surface area contributed by atoms with E-state index >= 15 is 0 Å². The molecule has 1 aliphatic heterocycles. The lowest BCUT2D eigenvalue weighted by Gasteiger charge is -2.10. The van der Waals surface area contributed by atoms with Gasteiger partial charge in [0.05, 0.1) is 24.3 Å². The lowest BCUT2D eigenvalue weighted by Crippen LogP contribution is -2.34. The fraction of sp³-hybridized carbons (Fsp3) is 0.333. The predicted octanol–water partition coefficient (Wildman–Crippen LogP) is 1.08. The van der Waals surface area contributed by atoms with Gasteiger partial charge < -0.3 is 10.1 Å². The van der Waals surface area contributed by atoms with E-state index in [0.29, 0.717) is 24.3 Å². The summed E-state index contributed by atoms with van der Waals surface area (Å²) in [6.45, 7) is 1.29. The second-order valence-electron chi connectivity index (χ2n) is 3.72. The van der Waals surface area contributed by atoms with Crippen LogP contribution in [0.25, 0.3) is 0 Å². The number of nitrogens with one attached hydrogen (secondary N) is 1. The number of benzene rings is 1. The fourth-order valence-corrected chi connectivity index (χ4v) is 1.61. The lowest BCUT2D eigenvalue weighted by molar-refractivity contribution is 0.0930. The van der Waals surface area contributed by atoms with Crippen molar-refractivity contribution in [3.05, 3.63) is 35.4 Å². The number of nitrogens with zero attached hydrogens (tertiary/aromatic N) is 1. The van der Waals surface area contributed by atoms with E-state index in [1.54, 1.807) is 24.3 Å². The van der Waals surface area contributed by atoms with E-state index in [4.69, 9.17) is 10.00 Å². The van der Waals surface area contributed by atoms with Crippen LogP contribution in [0, 0.1) is 11.3 Å². The summed E-state index contributed by atoms with van der Waals surface area (Å²) in [5.41, 5.74) is 1.13. The lowest BCUT2D eigenvalue weighted by atomic mass is 10.1. The van der Waals surface area contributed by atoms with Gasteiger partial charge in [-0.1, -0.05) is 0 Å². The van der Waals surface area contributed by atoms with Crippen molar-refractivity contribution in [2.24, 2.45) is 0 Å². The largest absolute Gasteiger partial charge is 0.379 e. The molecule has 2 rings (SSSR count).